The summed E-state index contributed by atoms with van der Waals surface area (Å²) in [6.07, 6.45) is 2.35. The van der Waals surface area contributed by atoms with Gasteiger partial charge in [-0.15, -0.1) is 0 Å². The molecule has 0 saturated carbocycles. The molecular formula is C16H18BrN3O2. The zero-order valence-corrected chi connectivity index (χ0v) is 13.9. The third-order valence-corrected chi connectivity index (χ3v) is 3.35. The molecule has 2 aromatic rings. The molecule has 2 amide bonds. The molecule has 0 fully saturated rings. The zero-order chi connectivity index (χ0) is 15.8. The van der Waals surface area contributed by atoms with Crippen LogP contribution in [0.5, 0.6) is 5.75 Å². The predicted molar refractivity (Wildman–Crippen MR) is 90.2 cm³/mol. The van der Waals surface area contributed by atoms with E-state index in [1.807, 2.05) is 31.2 Å². The van der Waals surface area contributed by atoms with Crippen LogP contribution >= 0.6 is 15.9 Å². The zero-order valence-electron chi connectivity index (χ0n) is 12.3. The number of hydrogen-bond donors (Lipinski definition) is 2. The van der Waals surface area contributed by atoms with E-state index in [1.54, 1.807) is 18.3 Å². The number of aryl methyl sites for hydroxylation is 1. The van der Waals surface area contributed by atoms with Crippen molar-refractivity contribution in [1.29, 1.82) is 0 Å². The van der Waals surface area contributed by atoms with Crippen LogP contribution in [0, 0.1) is 6.92 Å². The van der Waals surface area contributed by atoms with Gasteiger partial charge in [-0.2, -0.15) is 0 Å². The Labute approximate surface area is 138 Å². The Bertz CT molecular complexity index is 617. The van der Waals surface area contributed by atoms with E-state index >= 15 is 0 Å². The average molecular weight is 364 g/mol. The molecule has 22 heavy (non-hydrogen) atoms. The Morgan fingerprint density at radius 3 is 2.77 bits per heavy atom. The van der Waals surface area contributed by atoms with Crippen molar-refractivity contribution in [3.05, 3.63) is 52.6 Å². The predicted octanol–water partition coefficient (Wildman–Crippen LogP) is 3.74. The lowest BCUT2D eigenvalue weighted by Crippen LogP contribution is -2.30. The summed E-state index contributed by atoms with van der Waals surface area (Å²) in [7, 11) is 0. The maximum absolute atomic E-state index is 11.7. The molecule has 0 atom stereocenters. The Morgan fingerprint density at radius 1 is 1.27 bits per heavy atom. The number of nitrogens with zero attached hydrogens (tertiary/aromatic N) is 1. The average Bonchev–Trinajstić information content (AvgIpc) is 2.49. The van der Waals surface area contributed by atoms with Crippen molar-refractivity contribution in [2.45, 2.75) is 13.3 Å². The number of carbonyl (C=O) groups excluding carboxylic acids is 1. The van der Waals surface area contributed by atoms with Crippen LogP contribution in [0.3, 0.4) is 0 Å². The van der Waals surface area contributed by atoms with Gasteiger partial charge >= 0.3 is 6.03 Å². The highest BCUT2D eigenvalue weighted by molar-refractivity contribution is 9.10. The summed E-state index contributed by atoms with van der Waals surface area (Å²) in [6, 6.07) is 11.1. The van der Waals surface area contributed by atoms with Crippen molar-refractivity contribution >= 4 is 27.8 Å². The maximum atomic E-state index is 11.7. The normalized spacial score (nSPS) is 10.1. The molecule has 116 valence electrons. The smallest absolute Gasteiger partial charge is 0.320 e. The Balaban J connectivity index is 1.62. The van der Waals surface area contributed by atoms with Gasteiger partial charge in [0.05, 0.1) is 6.61 Å². The van der Waals surface area contributed by atoms with Gasteiger partial charge in [-0.3, -0.25) is 5.32 Å². The lowest BCUT2D eigenvalue weighted by Gasteiger charge is -2.08. The molecule has 0 saturated heterocycles. The molecule has 1 aromatic heterocycles. The molecule has 0 unspecified atom stereocenters. The van der Waals surface area contributed by atoms with Gasteiger partial charge < -0.3 is 10.1 Å². The number of amides is 2. The summed E-state index contributed by atoms with van der Waals surface area (Å²) < 4.78 is 6.45. The quantitative estimate of drug-likeness (QED) is 0.768. The highest BCUT2D eigenvalue weighted by Crippen LogP contribution is 2.12. The molecular weight excluding hydrogens is 346 g/mol. The fourth-order valence-corrected chi connectivity index (χ4v) is 2.07. The van der Waals surface area contributed by atoms with Gasteiger partial charge in [0.15, 0.2) is 0 Å². The maximum Gasteiger partial charge on any atom is 0.320 e. The molecule has 2 rings (SSSR count). The Morgan fingerprint density at radius 2 is 2.05 bits per heavy atom. The SMILES string of the molecule is Cc1ccc(OCCCNC(=O)Nc2cc(Br)ccn2)cc1. The van der Waals surface area contributed by atoms with Crippen LogP contribution in [-0.4, -0.2) is 24.2 Å². The summed E-state index contributed by atoms with van der Waals surface area (Å²) in [4.78, 5) is 15.7. The van der Waals surface area contributed by atoms with E-state index in [0.717, 1.165) is 16.6 Å². The number of benzene rings is 1. The van der Waals surface area contributed by atoms with Crippen molar-refractivity contribution in [2.24, 2.45) is 0 Å². The van der Waals surface area contributed by atoms with Crippen LogP contribution < -0.4 is 15.4 Å². The fraction of sp³-hybridized carbons (Fsp3) is 0.250. The number of urea groups is 1. The van der Waals surface area contributed by atoms with Crippen LogP contribution in [0.2, 0.25) is 0 Å². The van der Waals surface area contributed by atoms with Crippen LogP contribution in [0.4, 0.5) is 10.6 Å². The number of halogens is 1. The number of pyridine rings is 1. The molecule has 1 aromatic carbocycles. The molecule has 0 radical (unpaired) electrons. The molecule has 2 N–H and O–H groups in total. The van der Waals surface area contributed by atoms with E-state index < -0.39 is 0 Å². The second-order valence-corrected chi connectivity index (χ2v) is 5.67. The van der Waals surface area contributed by atoms with E-state index in [0.29, 0.717) is 19.0 Å². The summed E-state index contributed by atoms with van der Waals surface area (Å²) in [6.45, 7) is 3.12. The minimum atomic E-state index is -0.277. The first-order valence-corrected chi connectivity index (χ1v) is 7.78. The summed E-state index contributed by atoms with van der Waals surface area (Å²) >= 11 is 3.32. The first-order chi connectivity index (χ1) is 10.6. The largest absolute Gasteiger partial charge is 0.494 e. The van der Waals surface area contributed by atoms with Crippen molar-refractivity contribution < 1.29 is 9.53 Å². The Hall–Kier alpha value is -2.08. The van der Waals surface area contributed by atoms with Gasteiger partial charge in [-0.25, -0.2) is 9.78 Å². The monoisotopic (exact) mass is 363 g/mol. The lowest BCUT2D eigenvalue weighted by molar-refractivity contribution is 0.250. The van der Waals surface area contributed by atoms with Gasteiger partial charge in [-0.05, 0) is 37.6 Å². The van der Waals surface area contributed by atoms with E-state index in [2.05, 4.69) is 31.5 Å². The standard InChI is InChI=1S/C16H18BrN3O2/c1-12-3-5-14(6-4-12)22-10-2-8-19-16(21)20-15-11-13(17)7-9-18-15/h3-7,9,11H,2,8,10H2,1H3,(H2,18,19,20,21). The van der Waals surface area contributed by atoms with Crippen LogP contribution in [0.15, 0.2) is 47.1 Å². The van der Waals surface area contributed by atoms with Gasteiger partial charge in [-0.1, -0.05) is 33.6 Å². The fourth-order valence-electron chi connectivity index (χ4n) is 1.73. The Kier molecular flexibility index (Phi) is 6.21. The second-order valence-electron chi connectivity index (χ2n) is 4.76. The van der Waals surface area contributed by atoms with E-state index in [4.69, 9.17) is 4.74 Å². The molecule has 0 spiro atoms. The molecule has 1 heterocycles. The van der Waals surface area contributed by atoms with E-state index in [-0.39, 0.29) is 6.03 Å². The molecule has 0 aliphatic heterocycles. The lowest BCUT2D eigenvalue weighted by atomic mass is 10.2. The van der Waals surface area contributed by atoms with E-state index in [1.165, 1.54) is 5.56 Å². The molecule has 6 heteroatoms. The molecule has 0 aliphatic rings. The minimum Gasteiger partial charge on any atom is -0.494 e. The van der Waals surface area contributed by atoms with Crippen molar-refractivity contribution in [1.82, 2.24) is 10.3 Å². The van der Waals surface area contributed by atoms with Gasteiger partial charge in [0.1, 0.15) is 11.6 Å². The number of hydrogen-bond acceptors (Lipinski definition) is 3. The van der Waals surface area contributed by atoms with Crippen molar-refractivity contribution in [3.8, 4) is 5.75 Å². The van der Waals surface area contributed by atoms with Crippen LogP contribution in [0.1, 0.15) is 12.0 Å². The number of anilines is 1. The minimum absolute atomic E-state index is 0.277. The third-order valence-electron chi connectivity index (χ3n) is 2.86. The number of nitrogens with one attached hydrogen (secondary N) is 2. The topological polar surface area (TPSA) is 63.2 Å². The number of rotatable bonds is 6. The molecule has 0 aliphatic carbocycles. The molecule has 5 nitrogen and oxygen atoms in total. The van der Waals surface area contributed by atoms with Crippen LogP contribution in [-0.2, 0) is 0 Å². The van der Waals surface area contributed by atoms with Crippen molar-refractivity contribution in [2.75, 3.05) is 18.5 Å². The third kappa shape index (κ3) is 5.73. The highest BCUT2D eigenvalue weighted by Gasteiger charge is 2.02. The summed E-state index contributed by atoms with van der Waals surface area (Å²) in [5, 5.41) is 5.43. The van der Waals surface area contributed by atoms with Gasteiger partial charge in [0, 0.05) is 17.2 Å². The molecule has 0 bridgehead atoms. The van der Waals surface area contributed by atoms with Crippen LogP contribution in [0.25, 0.3) is 0 Å². The van der Waals surface area contributed by atoms with E-state index in [9.17, 15) is 4.79 Å². The first-order valence-electron chi connectivity index (χ1n) is 6.99. The second kappa shape index (κ2) is 8.38. The number of carbonyl (C=O) groups is 1. The highest BCUT2D eigenvalue weighted by atomic mass is 79.9. The summed E-state index contributed by atoms with van der Waals surface area (Å²) in [5.41, 5.74) is 1.20. The first kappa shape index (κ1) is 16.3. The summed E-state index contributed by atoms with van der Waals surface area (Å²) in [5.74, 6) is 1.34. The number of ether oxygens (including phenoxy) is 1. The van der Waals surface area contributed by atoms with Gasteiger partial charge in [0.25, 0.3) is 0 Å². The number of aromatic nitrogens is 1. The van der Waals surface area contributed by atoms with Crippen molar-refractivity contribution in [3.63, 3.8) is 0 Å². The van der Waals surface area contributed by atoms with Gasteiger partial charge in [0.2, 0.25) is 0 Å².